The molecule has 0 fully saturated rings. The van der Waals surface area contributed by atoms with Crippen molar-refractivity contribution in [2.45, 2.75) is 19.9 Å². The molecule has 1 heterocycles. The molecule has 0 aliphatic heterocycles. The maximum absolute atomic E-state index is 5.62. The van der Waals surface area contributed by atoms with Crippen molar-refractivity contribution < 1.29 is 4.74 Å². The van der Waals surface area contributed by atoms with Gasteiger partial charge < -0.3 is 15.4 Å². The van der Waals surface area contributed by atoms with Gasteiger partial charge in [-0.3, -0.25) is 0 Å². The summed E-state index contributed by atoms with van der Waals surface area (Å²) in [4.78, 5) is 6.90. The molecular formula is C12H19N3OS. The molecule has 0 spiro atoms. The van der Waals surface area contributed by atoms with Gasteiger partial charge in [-0.05, 0) is 26.0 Å². The molecule has 2 N–H and O–H groups in total. The number of nitrogens with two attached hydrogens (primary N) is 1. The summed E-state index contributed by atoms with van der Waals surface area (Å²) in [5.74, 6) is 0.877. The zero-order valence-corrected chi connectivity index (χ0v) is 11.3. The van der Waals surface area contributed by atoms with E-state index in [-0.39, 0.29) is 6.04 Å². The predicted molar refractivity (Wildman–Crippen MR) is 74.5 cm³/mol. The summed E-state index contributed by atoms with van der Waals surface area (Å²) < 4.78 is 5.17. The minimum atomic E-state index is 0.263. The van der Waals surface area contributed by atoms with Crippen LogP contribution in [0.25, 0.3) is 0 Å². The smallest absolute Gasteiger partial charge is 0.129 e. The molecule has 0 radical (unpaired) electrons. The molecule has 1 atom stereocenters. The number of methoxy groups -OCH3 is 1. The minimum absolute atomic E-state index is 0.263. The van der Waals surface area contributed by atoms with Crippen molar-refractivity contribution in [2.75, 3.05) is 25.2 Å². The zero-order chi connectivity index (χ0) is 12.8. The second-order valence-electron chi connectivity index (χ2n) is 3.86. The molecule has 0 aliphatic carbocycles. The van der Waals surface area contributed by atoms with Crippen molar-refractivity contribution in [3.63, 3.8) is 0 Å². The lowest BCUT2D eigenvalue weighted by molar-refractivity contribution is 0.181. The number of nitrogens with zero attached hydrogens (tertiary/aromatic N) is 2. The predicted octanol–water partition coefficient (Wildman–Crippen LogP) is 1.58. The third-order valence-corrected chi connectivity index (χ3v) is 2.84. The normalized spacial score (nSPS) is 12.2. The monoisotopic (exact) mass is 253 g/mol. The van der Waals surface area contributed by atoms with E-state index in [1.54, 1.807) is 13.3 Å². The Morgan fingerprint density at radius 1 is 1.65 bits per heavy atom. The van der Waals surface area contributed by atoms with Crippen molar-refractivity contribution in [3.05, 3.63) is 23.9 Å². The van der Waals surface area contributed by atoms with Gasteiger partial charge in [0.15, 0.2) is 0 Å². The highest BCUT2D eigenvalue weighted by atomic mass is 32.1. The Balaban J connectivity index is 2.95. The number of likely N-dealkylation sites (N-methyl/N-ethyl adjacent to an activating group) is 1. The standard InChI is InChI=1S/C12H19N3OS/c1-4-15(9(2)8-16-3)11-7-10(12(13)17)5-6-14-11/h5-7,9H,4,8H2,1-3H3,(H2,13,17). The van der Waals surface area contributed by atoms with E-state index in [1.807, 2.05) is 12.1 Å². The number of anilines is 1. The summed E-state index contributed by atoms with van der Waals surface area (Å²) in [6, 6.07) is 4.00. The average Bonchev–Trinajstić information content (AvgIpc) is 2.30. The number of rotatable bonds is 6. The van der Waals surface area contributed by atoms with E-state index in [0.29, 0.717) is 11.6 Å². The van der Waals surface area contributed by atoms with Crippen molar-refractivity contribution in [2.24, 2.45) is 5.73 Å². The lowest BCUT2D eigenvalue weighted by atomic mass is 10.2. The molecule has 4 nitrogen and oxygen atoms in total. The van der Waals surface area contributed by atoms with E-state index in [9.17, 15) is 0 Å². The molecule has 0 amide bonds. The quantitative estimate of drug-likeness (QED) is 0.780. The third kappa shape index (κ3) is 3.64. The minimum Gasteiger partial charge on any atom is -0.389 e. The van der Waals surface area contributed by atoms with Crippen LogP contribution in [-0.4, -0.2) is 36.3 Å². The van der Waals surface area contributed by atoms with Crippen LogP contribution in [0.3, 0.4) is 0 Å². The van der Waals surface area contributed by atoms with Crippen LogP contribution in [0.5, 0.6) is 0 Å². The van der Waals surface area contributed by atoms with Crippen LogP contribution < -0.4 is 10.6 Å². The molecule has 1 aromatic rings. The number of hydrogen-bond acceptors (Lipinski definition) is 4. The lowest BCUT2D eigenvalue weighted by Gasteiger charge is -2.28. The van der Waals surface area contributed by atoms with Crippen molar-refractivity contribution in [1.82, 2.24) is 4.98 Å². The Kier molecular flexibility index (Phi) is 5.31. The van der Waals surface area contributed by atoms with Gasteiger partial charge in [0.1, 0.15) is 10.8 Å². The maximum atomic E-state index is 5.62. The summed E-state index contributed by atoms with van der Waals surface area (Å²) in [6.07, 6.45) is 1.73. The SMILES string of the molecule is CCN(c1cc(C(N)=S)ccn1)C(C)COC. The molecular weight excluding hydrogens is 234 g/mol. The third-order valence-electron chi connectivity index (χ3n) is 2.60. The van der Waals surface area contributed by atoms with Crippen LogP contribution in [0.15, 0.2) is 18.3 Å². The topological polar surface area (TPSA) is 51.4 Å². The van der Waals surface area contributed by atoms with Gasteiger partial charge in [-0.25, -0.2) is 4.98 Å². The van der Waals surface area contributed by atoms with Gasteiger partial charge in [-0.2, -0.15) is 0 Å². The highest BCUT2D eigenvalue weighted by Crippen LogP contribution is 2.15. The van der Waals surface area contributed by atoms with Crippen LogP contribution in [0.1, 0.15) is 19.4 Å². The first kappa shape index (κ1) is 13.9. The Labute approximate surface area is 108 Å². The number of thiocarbonyl (C=S) groups is 1. The van der Waals surface area contributed by atoms with E-state index in [2.05, 4.69) is 23.7 Å². The van der Waals surface area contributed by atoms with Crippen molar-refractivity contribution >= 4 is 23.0 Å². The average molecular weight is 253 g/mol. The van der Waals surface area contributed by atoms with Crippen LogP contribution in [0.2, 0.25) is 0 Å². The maximum Gasteiger partial charge on any atom is 0.129 e. The van der Waals surface area contributed by atoms with E-state index in [4.69, 9.17) is 22.7 Å². The molecule has 0 saturated heterocycles. The summed E-state index contributed by atoms with van der Waals surface area (Å²) in [5.41, 5.74) is 6.46. The van der Waals surface area contributed by atoms with Gasteiger partial charge >= 0.3 is 0 Å². The van der Waals surface area contributed by atoms with Crippen LogP contribution in [-0.2, 0) is 4.74 Å². The summed E-state index contributed by atoms with van der Waals surface area (Å²) in [6.45, 7) is 5.70. The van der Waals surface area contributed by atoms with E-state index in [1.165, 1.54) is 0 Å². The van der Waals surface area contributed by atoms with Crippen LogP contribution >= 0.6 is 12.2 Å². The fourth-order valence-corrected chi connectivity index (χ4v) is 1.89. The molecule has 17 heavy (non-hydrogen) atoms. The summed E-state index contributed by atoms with van der Waals surface area (Å²) in [7, 11) is 1.70. The first-order valence-corrected chi connectivity index (χ1v) is 6.02. The van der Waals surface area contributed by atoms with Gasteiger partial charge in [0, 0.05) is 25.4 Å². The molecule has 0 aliphatic rings. The van der Waals surface area contributed by atoms with Gasteiger partial charge in [0.25, 0.3) is 0 Å². The van der Waals surface area contributed by atoms with E-state index < -0.39 is 0 Å². The Morgan fingerprint density at radius 2 is 2.35 bits per heavy atom. The Bertz CT molecular complexity index is 384. The molecule has 0 aromatic carbocycles. The number of pyridine rings is 1. The van der Waals surface area contributed by atoms with Crippen molar-refractivity contribution in [3.8, 4) is 0 Å². The highest BCUT2D eigenvalue weighted by molar-refractivity contribution is 7.80. The van der Waals surface area contributed by atoms with Gasteiger partial charge in [0.05, 0.1) is 12.6 Å². The fourth-order valence-electron chi connectivity index (χ4n) is 1.76. The molecule has 0 bridgehead atoms. The van der Waals surface area contributed by atoms with E-state index in [0.717, 1.165) is 17.9 Å². The van der Waals surface area contributed by atoms with E-state index >= 15 is 0 Å². The highest BCUT2D eigenvalue weighted by Gasteiger charge is 2.14. The fraction of sp³-hybridized carbons (Fsp3) is 0.500. The lowest BCUT2D eigenvalue weighted by Crippen LogP contribution is -2.36. The largest absolute Gasteiger partial charge is 0.389 e. The first-order valence-electron chi connectivity index (χ1n) is 5.61. The Hall–Kier alpha value is -1.20. The van der Waals surface area contributed by atoms with Crippen LogP contribution in [0.4, 0.5) is 5.82 Å². The molecule has 0 saturated carbocycles. The second kappa shape index (κ2) is 6.51. The van der Waals surface area contributed by atoms with Crippen LogP contribution in [0, 0.1) is 0 Å². The molecule has 5 heteroatoms. The summed E-state index contributed by atoms with van der Waals surface area (Å²) >= 11 is 4.97. The number of hydrogen-bond donors (Lipinski definition) is 1. The zero-order valence-electron chi connectivity index (χ0n) is 10.5. The first-order chi connectivity index (χ1) is 8.10. The number of ether oxygens (including phenoxy) is 1. The molecule has 1 unspecified atom stereocenters. The number of aromatic nitrogens is 1. The van der Waals surface area contributed by atoms with Gasteiger partial charge in [-0.15, -0.1) is 0 Å². The van der Waals surface area contributed by atoms with Crippen molar-refractivity contribution in [1.29, 1.82) is 0 Å². The Morgan fingerprint density at radius 3 is 2.88 bits per heavy atom. The molecule has 1 aromatic heterocycles. The molecule has 1 rings (SSSR count). The molecule has 94 valence electrons. The van der Waals surface area contributed by atoms with Gasteiger partial charge in [-0.1, -0.05) is 12.2 Å². The second-order valence-corrected chi connectivity index (χ2v) is 4.30. The summed E-state index contributed by atoms with van der Waals surface area (Å²) in [5, 5.41) is 0. The van der Waals surface area contributed by atoms with Gasteiger partial charge in [0.2, 0.25) is 0 Å².